The average molecular weight is 468 g/mol. The van der Waals surface area contributed by atoms with E-state index in [1.165, 1.54) is 5.56 Å². The molecule has 0 heterocycles. The lowest BCUT2D eigenvalue weighted by molar-refractivity contribution is 0.212. The van der Waals surface area contributed by atoms with Gasteiger partial charge in [0.15, 0.2) is 0 Å². The second-order valence-corrected chi connectivity index (χ2v) is 8.53. The number of unbranched alkanes of at least 4 members (excludes halogenated alkanes) is 3. The fourth-order valence-electron chi connectivity index (χ4n) is 3.66. The zero-order valence-electron chi connectivity index (χ0n) is 21.6. The zero-order chi connectivity index (χ0) is 24.6. The lowest BCUT2D eigenvalue weighted by Gasteiger charge is -2.14. The van der Waals surface area contributed by atoms with E-state index in [0.717, 1.165) is 85.8 Å². The normalized spacial score (nSPS) is 11.6. The number of nitrogens with zero attached hydrogens (tertiary/aromatic N) is 1. The van der Waals surface area contributed by atoms with Gasteiger partial charge in [-0.15, -0.1) is 0 Å². The van der Waals surface area contributed by atoms with Gasteiger partial charge in [-0.25, -0.2) is 0 Å². The van der Waals surface area contributed by atoms with Gasteiger partial charge in [0, 0.05) is 0 Å². The van der Waals surface area contributed by atoms with Crippen molar-refractivity contribution in [3.8, 4) is 17.2 Å². The third-order valence-electron chi connectivity index (χ3n) is 5.52. The summed E-state index contributed by atoms with van der Waals surface area (Å²) < 4.78 is 17.7. The maximum Gasteiger partial charge on any atom is 0.125 e. The van der Waals surface area contributed by atoms with Crippen molar-refractivity contribution in [2.24, 2.45) is 5.16 Å². The maximum absolute atomic E-state index is 6.07. The van der Waals surface area contributed by atoms with Crippen molar-refractivity contribution in [2.75, 3.05) is 26.9 Å². The molecular weight excluding hydrogens is 426 g/mol. The third-order valence-corrected chi connectivity index (χ3v) is 5.52. The SMILES string of the molecule is C/C=C/COc1cc(C)c(OCCCCCCOc2ccc(CCC(C)=NOC)cc2)c(C)c1. The summed E-state index contributed by atoms with van der Waals surface area (Å²) in [4.78, 5) is 4.80. The first kappa shape index (κ1) is 27.3. The van der Waals surface area contributed by atoms with Crippen molar-refractivity contribution < 1.29 is 19.0 Å². The number of benzene rings is 2. The van der Waals surface area contributed by atoms with Gasteiger partial charge in [0.25, 0.3) is 0 Å². The first-order valence-corrected chi connectivity index (χ1v) is 12.3. The highest BCUT2D eigenvalue weighted by atomic mass is 16.6. The summed E-state index contributed by atoms with van der Waals surface area (Å²) in [5, 5.41) is 3.95. The van der Waals surface area contributed by atoms with Gasteiger partial charge in [0.1, 0.15) is 31.0 Å². The average Bonchev–Trinajstić information content (AvgIpc) is 2.82. The standard InChI is InChI=1S/C29H41NO4/c1-6-7-18-33-28-21-23(2)29(24(3)22-28)34-20-11-9-8-10-19-32-27-16-14-26(15-17-27)13-12-25(4)30-31-5/h6-7,14-17,21-22H,8-13,18-20H2,1-5H3/b7-6+,30-25?. The molecule has 0 saturated heterocycles. The molecule has 0 amide bonds. The van der Waals surface area contributed by atoms with Gasteiger partial charge < -0.3 is 19.0 Å². The van der Waals surface area contributed by atoms with E-state index >= 15 is 0 Å². The summed E-state index contributed by atoms with van der Waals surface area (Å²) in [6.45, 7) is 10.2. The van der Waals surface area contributed by atoms with E-state index in [1.54, 1.807) is 7.11 Å². The number of oxime groups is 1. The van der Waals surface area contributed by atoms with Crippen molar-refractivity contribution >= 4 is 5.71 Å². The lowest BCUT2D eigenvalue weighted by atomic mass is 10.1. The van der Waals surface area contributed by atoms with E-state index in [4.69, 9.17) is 19.0 Å². The van der Waals surface area contributed by atoms with Crippen LogP contribution in [0.25, 0.3) is 0 Å². The van der Waals surface area contributed by atoms with Crippen LogP contribution in [0, 0.1) is 13.8 Å². The third kappa shape index (κ3) is 10.3. The quantitative estimate of drug-likeness (QED) is 0.113. The zero-order valence-corrected chi connectivity index (χ0v) is 21.6. The minimum atomic E-state index is 0.593. The van der Waals surface area contributed by atoms with Crippen LogP contribution in [0.2, 0.25) is 0 Å². The molecule has 5 heteroatoms. The molecule has 2 rings (SSSR count). The molecule has 0 bridgehead atoms. The van der Waals surface area contributed by atoms with Gasteiger partial charge in [0.05, 0.1) is 18.9 Å². The molecule has 34 heavy (non-hydrogen) atoms. The summed E-state index contributed by atoms with van der Waals surface area (Å²) >= 11 is 0. The summed E-state index contributed by atoms with van der Waals surface area (Å²) in [6.07, 6.45) is 10.2. The highest BCUT2D eigenvalue weighted by Crippen LogP contribution is 2.28. The van der Waals surface area contributed by atoms with E-state index in [0.29, 0.717) is 6.61 Å². The number of rotatable bonds is 16. The molecule has 0 spiro atoms. The van der Waals surface area contributed by atoms with Gasteiger partial charge in [-0.1, -0.05) is 29.4 Å². The van der Waals surface area contributed by atoms with Gasteiger partial charge in [-0.05, 0) is 107 Å². The molecule has 0 saturated carbocycles. The lowest BCUT2D eigenvalue weighted by Crippen LogP contribution is -2.03. The van der Waals surface area contributed by atoms with Crippen molar-refractivity contribution in [2.45, 2.75) is 66.2 Å². The smallest absolute Gasteiger partial charge is 0.125 e. The number of hydrogen-bond donors (Lipinski definition) is 0. The second kappa shape index (κ2) is 15.8. The Balaban J connectivity index is 1.58. The van der Waals surface area contributed by atoms with Crippen LogP contribution in [0.15, 0.2) is 53.7 Å². The van der Waals surface area contributed by atoms with Crippen LogP contribution in [0.3, 0.4) is 0 Å². The van der Waals surface area contributed by atoms with E-state index in [2.05, 4.69) is 31.1 Å². The number of allylic oxidation sites excluding steroid dienone is 1. The predicted octanol–water partition coefficient (Wildman–Crippen LogP) is 7.23. The van der Waals surface area contributed by atoms with Gasteiger partial charge in [0.2, 0.25) is 0 Å². The van der Waals surface area contributed by atoms with Crippen molar-refractivity contribution in [1.29, 1.82) is 0 Å². The summed E-state index contributed by atoms with van der Waals surface area (Å²) in [5.41, 5.74) is 4.52. The minimum Gasteiger partial charge on any atom is -0.494 e. The Bertz CT molecular complexity index is 880. The molecule has 2 aromatic carbocycles. The minimum absolute atomic E-state index is 0.593. The number of ether oxygens (including phenoxy) is 3. The van der Waals surface area contributed by atoms with Crippen LogP contribution in [0.1, 0.15) is 62.6 Å². The Hall–Kier alpha value is -2.95. The molecule has 0 aromatic heterocycles. The van der Waals surface area contributed by atoms with Crippen molar-refractivity contribution in [3.05, 3.63) is 65.2 Å². The Morgan fingerprint density at radius 1 is 0.853 bits per heavy atom. The van der Waals surface area contributed by atoms with Gasteiger partial charge in [-0.3, -0.25) is 0 Å². The van der Waals surface area contributed by atoms with E-state index in [9.17, 15) is 0 Å². The highest BCUT2D eigenvalue weighted by molar-refractivity contribution is 5.81. The Labute approximate surface area is 205 Å². The van der Waals surface area contributed by atoms with Crippen LogP contribution in [-0.4, -0.2) is 32.6 Å². The summed E-state index contributed by atoms with van der Waals surface area (Å²) in [7, 11) is 1.58. The molecule has 186 valence electrons. The van der Waals surface area contributed by atoms with Crippen LogP contribution in [-0.2, 0) is 11.3 Å². The highest BCUT2D eigenvalue weighted by Gasteiger charge is 2.07. The molecule has 0 fully saturated rings. The van der Waals surface area contributed by atoms with Crippen LogP contribution in [0.5, 0.6) is 17.2 Å². The van der Waals surface area contributed by atoms with E-state index in [-0.39, 0.29) is 0 Å². The van der Waals surface area contributed by atoms with Crippen molar-refractivity contribution in [1.82, 2.24) is 0 Å². The first-order chi connectivity index (χ1) is 16.5. The molecule has 2 aromatic rings. The predicted molar refractivity (Wildman–Crippen MR) is 141 cm³/mol. The van der Waals surface area contributed by atoms with Crippen LogP contribution >= 0.6 is 0 Å². The van der Waals surface area contributed by atoms with Gasteiger partial charge in [-0.2, -0.15) is 0 Å². The van der Waals surface area contributed by atoms with E-state index in [1.807, 2.05) is 50.3 Å². The summed E-state index contributed by atoms with van der Waals surface area (Å²) in [6, 6.07) is 12.4. The van der Waals surface area contributed by atoms with Gasteiger partial charge >= 0.3 is 0 Å². The molecule has 0 N–H and O–H groups in total. The molecule has 0 aliphatic rings. The molecule has 5 nitrogen and oxygen atoms in total. The van der Waals surface area contributed by atoms with Crippen LogP contribution < -0.4 is 14.2 Å². The molecule has 0 aliphatic carbocycles. The topological polar surface area (TPSA) is 49.3 Å². The molecular formula is C29H41NO4. The molecule has 0 aliphatic heterocycles. The Kier molecular flexibility index (Phi) is 12.7. The summed E-state index contributed by atoms with van der Waals surface area (Å²) in [5.74, 6) is 2.80. The Morgan fingerprint density at radius 3 is 2.12 bits per heavy atom. The number of hydrogen-bond acceptors (Lipinski definition) is 5. The number of aryl methyl sites for hydroxylation is 3. The monoisotopic (exact) mass is 467 g/mol. The van der Waals surface area contributed by atoms with Crippen molar-refractivity contribution in [3.63, 3.8) is 0 Å². The van der Waals surface area contributed by atoms with Crippen LogP contribution in [0.4, 0.5) is 0 Å². The Morgan fingerprint density at radius 2 is 1.50 bits per heavy atom. The largest absolute Gasteiger partial charge is 0.494 e. The fourth-order valence-corrected chi connectivity index (χ4v) is 3.66. The molecule has 0 radical (unpaired) electrons. The second-order valence-electron chi connectivity index (χ2n) is 8.53. The molecule has 0 unspecified atom stereocenters. The molecule has 0 atom stereocenters. The van der Waals surface area contributed by atoms with E-state index < -0.39 is 0 Å². The maximum atomic E-state index is 6.07. The first-order valence-electron chi connectivity index (χ1n) is 12.3. The fraction of sp³-hybridized carbons (Fsp3) is 0.483.